The van der Waals surface area contributed by atoms with Crippen molar-refractivity contribution in [2.24, 2.45) is 5.92 Å². The third-order valence-corrected chi connectivity index (χ3v) is 8.01. The predicted molar refractivity (Wildman–Crippen MR) is 137 cm³/mol. The minimum atomic E-state index is -0.191. The number of carbonyl (C=O) groups is 1. The summed E-state index contributed by atoms with van der Waals surface area (Å²) in [6.45, 7) is 6.50. The van der Waals surface area contributed by atoms with Crippen LogP contribution in [-0.4, -0.2) is 33.5 Å². The SMILES string of the molecule is C=CCn1c(SCC(=O)Nc2sc3c(c2C#N)CCC(C)C3)nnc1-c1cc(Cl)ccc1OC. The van der Waals surface area contributed by atoms with Crippen LogP contribution in [-0.2, 0) is 24.2 Å². The highest BCUT2D eigenvalue weighted by molar-refractivity contribution is 7.99. The van der Waals surface area contributed by atoms with E-state index in [1.54, 1.807) is 31.4 Å². The molecule has 0 saturated heterocycles. The first kappa shape index (κ1) is 24.3. The molecule has 2 aromatic heterocycles. The first-order chi connectivity index (χ1) is 16.4. The van der Waals surface area contributed by atoms with Gasteiger partial charge in [0.25, 0.3) is 0 Å². The van der Waals surface area contributed by atoms with E-state index in [9.17, 15) is 10.1 Å². The average Bonchev–Trinajstić information content (AvgIpc) is 3.37. The lowest BCUT2D eigenvalue weighted by molar-refractivity contribution is -0.113. The zero-order valence-electron chi connectivity index (χ0n) is 18.9. The third-order valence-electron chi connectivity index (χ3n) is 5.64. The lowest BCUT2D eigenvalue weighted by atomic mass is 9.89. The Kier molecular flexibility index (Phi) is 7.61. The van der Waals surface area contributed by atoms with E-state index >= 15 is 0 Å². The molecule has 1 unspecified atom stereocenters. The highest BCUT2D eigenvalue weighted by Crippen LogP contribution is 2.39. The summed E-state index contributed by atoms with van der Waals surface area (Å²) in [7, 11) is 1.58. The van der Waals surface area contributed by atoms with E-state index in [4.69, 9.17) is 16.3 Å². The van der Waals surface area contributed by atoms with Gasteiger partial charge in [0.2, 0.25) is 5.91 Å². The third kappa shape index (κ3) is 4.99. The zero-order valence-corrected chi connectivity index (χ0v) is 21.3. The number of amides is 1. The summed E-state index contributed by atoms with van der Waals surface area (Å²) in [6.07, 6.45) is 4.66. The fraction of sp³-hybridized carbons (Fsp3) is 0.333. The van der Waals surface area contributed by atoms with Gasteiger partial charge < -0.3 is 10.1 Å². The number of nitrogens with one attached hydrogen (secondary N) is 1. The Morgan fingerprint density at radius 1 is 1.50 bits per heavy atom. The van der Waals surface area contributed by atoms with Crippen molar-refractivity contribution in [2.75, 3.05) is 18.2 Å². The molecule has 34 heavy (non-hydrogen) atoms. The number of allylic oxidation sites excluding steroid dienone is 1. The van der Waals surface area contributed by atoms with Gasteiger partial charge in [0.05, 0.1) is 24.0 Å². The minimum Gasteiger partial charge on any atom is -0.496 e. The maximum atomic E-state index is 12.8. The van der Waals surface area contributed by atoms with Gasteiger partial charge in [0, 0.05) is 16.4 Å². The topological polar surface area (TPSA) is 92.8 Å². The molecule has 0 radical (unpaired) electrons. The van der Waals surface area contributed by atoms with Gasteiger partial charge in [0.1, 0.15) is 16.8 Å². The summed E-state index contributed by atoms with van der Waals surface area (Å²) < 4.78 is 7.33. The molecule has 4 rings (SSSR count). The molecule has 1 atom stereocenters. The second-order valence-corrected chi connectivity index (χ2v) is 10.5. The Bertz CT molecular complexity index is 1280. The number of aromatic nitrogens is 3. The lowest BCUT2D eigenvalue weighted by Crippen LogP contribution is -2.15. The van der Waals surface area contributed by atoms with Crippen molar-refractivity contribution in [3.8, 4) is 23.2 Å². The largest absolute Gasteiger partial charge is 0.496 e. The highest BCUT2D eigenvalue weighted by atomic mass is 35.5. The molecule has 0 spiro atoms. The number of fused-ring (bicyclic) bond motifs is 1. The zero-order chi connectivity index (χ0) is 24.2. The first-order valence-electron chi connectivity index (χ1n) is 10.8. The molecule has 1 amide bonds. The van der Waals surface area contributed by atoms with Gasteiger partial charge in [0.15, 0.2) is 11.0 Å². The number of thiophene rings is 1. The standard InChI is InChI=1S/C24H24ClN5O2S2/c1-4-9-30-22(17-11-15(25)6-8-19(17)32-3)28-29-24(30)33-13-21(31)27-23-18(12-26)16-7-5-14(2)10-20(16)34-23/h4,6,8,11,14H,1,5,7,9-10,13H2,2-3H3,(H,27,31). The second kappa shape index (κ2) is 10.6. The first-order valence-corrected chi connectivity index (χ1v) is 13.0. The average molecular weight is 514 g/mol. The number of halogens is 1. The molecule has 0 saturated carbocycles. The number of benzene rings is 1. The van der Waals surface area contributed by atoms with Crippen LogP contribution < -0.4 is 10.1 Å². The number of nitrogens with zero attached hydrogens (tertiary/aromatic N) is 4. The summed E-state index contributed by atoms with van der Waals surface area (Å²) in [4.78, 5) is 14.0. The van der Waals surface area contributed by atoms with Gasteiger partial charge >= 0.3 is 0 Å². The van der Waals surface area contributed by atoms with Crippen LogP contribution in [0.5, 0.6) is 5.75 Å². The molecule has 0 aliphatic heterocycles. The van der Waals surface area contributed by atoms with Gasteiger partial charge in [-0.05, 0) is 48.9 Å². The summed E-state index contributed by atoms with van der Waals surface area (Å²) in [5, 5.41) is 23.0. The number of rotatable bonds is 8. The monoisotopic (exact) mass is 513 g/mol. The Balaban J connectivity index is 1.52. The predicted octanol–water partition coefficient (Wildman–Crippen LogP) is 5.58. The van der Waals surface area contributed by atoms with Crippen molar-refractivity contribution in [1.29, 1.82) is 5.26 Å². The summed E-state index contributed by atoms with van der Waals surface area (Å²) in [6, 6.07) is 7.58. The van der Waals surface area contributed by atoms with Gasteiger partial charge in [-0.25, -0.2) is 0 Å². The molecule has 1 aromatic carbocycles. The molecule has 10 heteroatoms. The van der Waals surface area contributed by atoms with E-state index < -0.39 is 0 Å². The fourth-order valence-electron chi connectivity index (χ4n) is 3.99. The van der Waals surface area contributed by atoms with Crippen LogP contribution in [0, 0.1) is 17.2 Å². The Labute approximate surface area is 211 Å². The summed E-state index contributed by atoms with van der Waals surface area (Å²) in [5.41, 5.74) is 2.41. The van der Waals surface area contributed by atoms with Gasteiger partial charge in [-0.1, -0.05) is 36.4 Å². The van der Waals surface area contributed by atoms with Crippen LogP contribution in [0.1, 0.15) is 29.3 Å². The van der Waals surface area contributed by atoms with Gasteiger partial charge in [-0.15, -0.1) is 28.1 Å². The molecule has 7 nitrogen and oxygen atoms in total. The molecule has 3 aromatic rings. The van der Waals surface area contributed by atoms with E-state index in [2.05, 4.69) is 35.1 Å². The van der Waals surface area contributed by atoms with Crippen LogP contribution >= 0.6 is 34.7 Å². The molecule has 0 fully saturated rings. The maximum absolute atomic E-state index is 12.8. The molecule has 2 heterocycles. The molecule has 176 valence electrons. The highest BCUT2D eigenvalue weighted by Gasteiger charge is 2.25. The fourth-order valence-corrected chi connectivity index (χ4v) is 6.29. The molecule has 1 aliphatic rings. The number of ether oxygens (including phenoxy) is 1. The van der Waals surface area contributed by atoms with Crippen molar-refractivity contribution in [2.45, 2.75) is 37.9 Å². The van der Waals surface area contributed by atoms with Crippen molar-refractivity contribution in [3.63, 3.8) is 0 Å². The Hall–Kier alpha value is -2.80. The molecular weight excluding hydrogens is 490 g/mol. The van der Waals surface area contributed by atoms with Crippen LogP contribution in [0.3, 0.4) is 0 Å². The number of hydrogen-bond donors (Lipinski definition) is 1. The van der Waals surface area contributed by atoms with Crippen molar-refractivity contribution >= 4 is 45.6 Å². The van der Waals surface area contributed by atoms with Crippen LogP contribution in [0.2, 0.25) is 5.02 Å². The van der Waals surface area contributed by atoms with E-state index in [1.807, 2.05) is 4.57 Å². The number of nitriles is 1. The van der Waals surface area contributed by atoms with Crippen LogP contribution in [0.4, 0.5) is 5.00 Å². The van der Waals surface area contributed by atoms with E-state index in [0.717, 1.165) is 24.8 Å². The number of anilines is 1. The maximum Gasteiger partial charge on any atom is 0.235 e. The second-order valence-electron chi connectivity index (χ2n) is 8.05. The van der Waals surface area contributed by atoms with Crippen LogP contribution in [0.25, 0.3) is 11.4 Å². The Morgan fingerprint density at radius 3 is 3.06 bits per heavy atom. The van der Waals surface area contributed by atoms with E-state index in [-0.39, 0.29) is 11.7 Å². The molecule has 1 aliphatic carbocycles. The summed E-state index contributed by atoms with van der Waals surface area (Å²) >= 11 is 8.99. The van der Waals surface area contributed by atoms with Crippen LogP contribution in [0.15, 0.2) is 36.0 Å². The van der Waals surface area contributed by atoms with Crippen molar-refractivity contribution < 1.29 is 9.53 Å². The molecule has 0 bridgehead atoms. The van der Waals surface area contributed by atoms with Crippen molar-refractivity contribution in [3.05, 3.63) is 51.9 Å². The lowest BCUT2D eigenvalue weighted by Gasteiger charge is -2.17. The van der Waals surface area contributed by atoms with E-state index in [1.165, 1.54) is 28.0 Å². The van der Waals surface area contributed by atoms with E-state index in [0.29, 0.717) is 50.3 Å². The quantitative estimate of drug-likeness (QED) is 0.312. The van der Waals surface area contributed by atoms with Gasteiger partial charge in [-0.2, -0.15) is 5.26 Å². The number of hydrogen-bond acceptors (Lipinski definition) is 7. The number of thioether (sulfide) groups is 1. The van der Waals surface area contributed by atoms with Gasteiger partial charge in [-0.3, -0.25) is 9.36 Å². The molecule has 1 N–H and O–H groups in total. The normalized spacial score (nSPS) is 14.8. The van der Waals surface area contributed by atoms with Crippen molar-refractivity contribution in [1.82, 2.24) is 14.8 Å². The number of methoxy groups -OCH3 is 1. The smallest absolute Gasteiger partial charge is 0.235 e. The number of carbonyl (C=O) groups excluding carboxylic acids is 1. The minimum absolute atomic E-state index is 0.131. The molecular formula is C24H24ClN5O2S2. The summed E-state index contributed by atoms with van der Waals surface area (Å²) in [5.74, 6) is 1.74. The Morgan fingerprint density at radius 2 is 2.32 bits per heavy atom.